The minimum Gasteiger partial charge on any atom is -0.382 e. The van der Waals surface area contributed by atoms with E-state index in [1.807, 2.05) is 25.1 Å². The van der Waals surface area contributed by atoms with E-state index in [9.17, 15) is 0 Å². The minimum atomic E-state index is 0.135. The van der Waals surface area contributed by atoms with Crippen molar-refractivity contribution >= 4 is 21.6 Å². The number of anilines is 1. The van der Waals surface area contributed by atoms with E-state index in [0.29, 0.717) is 17.7 Å². The van der Waals surface area contributed by atoms with Crippen LogP contribution in [-0.4, -0.2) is 18.8 Å². The lowest BCUT2D eigenvalue weighted by atomic mass is 9.64. The Labute approximate surface area is 123 Å². The van der Waals surface area contributed by atoms with Crippen molar-refractivity contribution in [3.05, 3.63) is 28.2 Å². The molecule has 1 aromatic carbocycles. The van der Waals surface area contributed by atoms with Gasteiger partial charge in [0.05, 0.1) is 11.7 Å². The topological polar surface area (TPSA) is 45.0 Å². The van der Waals surface area contributed by atoms with Crippen molar-refractivity contribution in [2.75, 3.05) is 11.9 Å². The first-order valence-corrected chi connectivity index (χ1v) is 7.36. The summed E-state index contributed by atoms with van der Waals surface area (Å²) in [6, 6.07) is 8.30. The molecule has 1 fully saturated rings. The lowest BCUT2D eigenvalue weighted by molar-refractivity contribution is -0.0975. The van der Waals surface area contributed by atoms with Crippen molar-refractivity contribution in [3.8, 4) is 6.07 Å². The van der Waals surface area contributed by atoms with Gasteiger partial charge in [-0.3, -0.25) is 0 Å². The maximum absolute atomic E-state index is 8.91. The van der Waals surface area contributed by atoms with Gasteiger partial charge < -0.3 is 10.1 Å². The second-order valence-corrected chi connectivity index (χ2v) is 6.36. The van der Waals surface area contributed by atoms with Crippen molar-refractivity contribution in [2.45, 2.75) is 39.3 Å². The monoisotopic (exact) mass is 322 g/mol. The van der Waals surface area contributed by atoms with Gasteiger partial charge in [0.25, 0.3) is 0 Å². The maximum Gasteiger partial charge on any atom is 0.100 e. The van der Waals surface area contributed by atoms with Gasteiger partial charge in [-0.1, -0.05) is 13.8 Å². The number of halogens is 1. The largest absolute Gasteiger partial charge is 0.382 e. The van der Waals surface area contributed by atoms with E-state index in [-0.39, 0.29) is 5.41 Å². The van der Waals surface area contributed by atoms with E-state index in [0.717, 1.165) is 23.2 Å². The Kier molecular flexibility index (Phi) is 4.17. The Bertz CT molecular complexity index is 507. The minimum absolute atomic E-state index is 0.135. The number of nitrogens with zero attached hydrogens (tertiary/aromatic N) is 1. The molecule has 2 atom stereocenters. The molecule has 0 saturated heterocycles. The van der Waals surface area contributed by atoms with E-state index in [2.05, 4.69) is 41.2 Å². The normalized spacial score (nSPS) is 24.4. The summed E-state index contributed by atoms with van der Waals surface area (Å²) in [5.74, 6) is 0. The van der Waals surface area contributed by atoms with Crippen LogP contribution in [-0.2, 0) is 4.74 Å². The molecule has 19 heavy (non-hydrogen) atoms. The van der Waals surface area contributed by atoms with Crippen LogP contribution in [0.5, 0.6) is 0 Å². The SMILES string of the molecule is CCOC1CC(Nc2ccc(C#N)c(Br)c2)C1(C)C. The van der Waals surface area contributed by atoms with Gasteiger partial charge in [0.2, 0.25) is 0 Å². The summed E-state index contributed by atoms with van der Waals surface area (Å²) in [7, 11) is 0. The Morgan fingerprint density at radius 2 is 2.26 bits per heavy atom. The molecule has 4 heteroatoms. The second-order valence-electron chi connectivity index (χ2n) is 5.50. The van der Waals surface area contributed by atoms with Gasteiger partial charge in [0.1, 0.15) is 6.07 Å². The van der Waals surface area contributed by atoms with Gasteiger partial charge in [-0.15, -0.1) is 0 Å². The maximum atomic E-state index is 8.91. The number of hydrogen-bond donors (Lipinski definition) is 1. The first kappa shape index (κ1) is 14.4. The smallest absolute Gasteiger partial charge is 0.100 e. The van der Waals surface area contributed by atoms with Gasteiger partial charge in [-0.05, 0) is 47.5 Å². The molecular formula is C15H19BrN2O. The van der Waals surface area contributed by atoms with E-state index in [1.165, 1.54) is 0 Å². The lowest BCUT2D eigenvalue weighted by Gasteiger charge is -2.52. The van der Waals surface area contributed by atoms with E-state index in [1.54, 1.807) is 0 Å². The fourth-order valence-corrected chi connectivity index (χ4v) is 2.98. The van der Waals surface area contributed by atoms with E-state index in [4.69, 9.17) is 10.00 Å². The zero-order valence-corrected chi connectivity index (χ0v) is 13.1. The standard InChI is InChI=1S/C15H19BrN2O/c1-4-19-14-8-13(15(14,2)3)18-11-6-5-10(9-17)12(16)7-11/h5-7,13-14,18H,4,8H2,1-3H3. The molecule has 0 aromatic heterocycles. The van der Waals surface area contributed by atoms with Gasteiger partial charge in [-0.2, -0.15) is 5.26 Å². The van der Waals surface area contributed by atoms with Crippen LogP contribution in [0.25, 0.3) is 0 Å². The van der Waals surface area contributed by atoms with Crippen molar-refractivity contribution in [2.24, 2.45) is 5.41 Å². The number of benzene rings is 1. The Hall–Kier alpha value is -1.05. The number of nitriles is 1. The fraction of sp³-hybridized carbons (Fsp3) is 0.533. The van der Waals surface area contributed by atoms with Gasteiger partial charge in [0.15, 0.2) is 0 Å². The molecular weight excluding hydrogens is 304 g/mol. The predicted octanol–water partition coefficient (Wildman–Crippen LogP) is 3.94. The van der Waals surface area contributed by atoms with Crippen LogP contribution in [0.1, 0.15) is 32.8 Å². The Morgan fingerprint density at radius 3 is 2.79 bits per heavy atom. The van der Waals surface area contributed by atoms with Crippen LogP contribution in [0.15, 0.2) is 22.7 Å². The average molecular weight is 323 g/mol. The Balaban J connectivity index is 2.04. The van der Waals surface area contributed by atoms with Crippen LogP contribution >= 0.6 is 15.9 Å². The highest BCUT2D eigenvalue weighted by Crippen LogP contribution is 2.44. The second kappa shape index (κ2) is 5.52. The molecule has 102 valence electrons. The molecule has 0 amide bonds. The third kappa shape index (κ3) is 2.77. The third-order valence-corrected chi connectivity index (χ3v) is 4.63. The summed E-state index contributed by atoms with van der Waals surface area (Å²) in [6.45, 7) is 7.26. The molecule has 0 heterocycles. The molecule has 1 aliphatic carbocycles. The molecule has 1 aromatic rings. The summed E-state index contributed by atoms with van der Waals surface area (Å²) >= 11 is 3.42. The van der Waals surface area contributed by atoms with Crippen molar-refractivity contribution in [1.82, 2.24) is 0 Å². The van der Waals surface area contributed by atoms with E-state index >= 15 is 0 Å². The molecule has 3 nitrogen and oxygen atoms in total. The number of rotatable bonds is 4. The first-order chi connectivity index (χ1) is 8.98. The highest BCUT2D eigenvalue weighted by Gasteiger charge is 2.48. The predicted molar refractivity (Wildman–Crippen MR) is 80.1 cm³/mol. The number of nitrogens with one attached hydrogen (secondary N) is 1. The van der Waals surface area contributed by atoms with Crippen LogP contribution < -0.4 is 5.32 Å². The molecule has 1 aliphatic rings. The quantitative estimate of drug-likeness (QED) is 0.913. The third-order valence-electron chi connectivity index (χ3n) is 3.98. The molecule has 1 saturated carbocycles. The zero-order chi connectivity index (χ0) is 14.0. The molecule has 0 bridgehead atoms. The van der Waals surface area contributed by atoms with Crippen molar-refractivity contribution in [3.63, 3.8) is 0 Å². The summed E-state index contributed by atoms with van der Waals surface area (Å²) in [6.07, 6.45) is 1.36. The first-order valence-electron chi connectivity index (χ1n) is 6.56. The Morgan fingerprint density at radius 1 is 1.53 bits per heavy atom. The summed E-state index contributed by atoms with van der Waals surface area (Å²) in [4.78, 5) is 0. The van der Waals surface area contributed by atoms with Gasteiger partial charge in [-0.25, -0.2) is 0 Å². The number of ether oxygens (including phenoxy) is 1. The summed E-state index contributed by atoms with van der Waals surface area (Å²) in [5.41, 5.74) is 1.83. The van der Waals surface area contributed by atoms with Crippen molar-refractivity contribution in [1.29, 1.82) is 5.26 Å². The fourth-order valence-electron chi connectivity index (χ4n) is 2.51. The highest BCUT2D eigenvalue weighted by atomic mass is 79.9. The van der Waals surface area contributed by atoms with Crippen molar-refractivity contribution < 1.29 is 4.74 Å². The van der Waals surface area contributed by atoms with Gasteiger partial charge in [0, 0.05) is 28.2 Å². The molecule has 0 aliphatic heterocycles. The molecule has 0 spiro atoms. The van der Waals surface area contributed by atoms with Crippen LogP contribution in [0.3, 0.4) is 0 Å². The van der Waals surface area contributed by atoms with Crippen LogP contribution in [0, 0.1) is 16.7 Å². The highest BCUT2D eigenvalue weighted by molar-refractivity contribution is 9.10. The molecule has 1 N–H and O–H groups in total. The number of hydrogen-bond acceptors (Lipinski definition) is 3. The average Bonchev–Trinajstić information content (AvgIpc) is 2.38. The molecule has 2 rings (SSSR count). The van der Waals surface area contributed by atoms with E-state index < -0.39 is 0 Å². The van der Waals surface area contributed by atoms with Gasteiger partial charge >= 0.3 is 0 Å². The van der Waals surface area contributed by atoms with Crippen LogP contribution in [0.4, 0.5) is 5.69 Å². The van der Waals surface area contributed by atoms with Crippen LogP contribution in [0.2, 0.25) is 0 Å². The molecule has 2 unspecified atom stereocenters. The summed E-state index contributed by atoms with van der Waals surface area (Å²) in [5, 5.41) is 12.4. The zero-order valence-electron chi connectivity index (χ0n) is 11.5. The lowest BCUT2D eigenvalue weighted by Crippen LogP contribution is -2.58. The summed E-state index contributed by atoms with van der Waals surface area (Å²) < 4.78 is 6.56. The molecule has 0 radical (unpaired) electrons.